The van der Waals surface area contributed by atoms with Crippen molar-refractivity contribution in [2.75, 3.05) is 26.5 Å². The highest BCUT2D eigenvalue weighted by atomic mass is 32.2. The number of rotatable bonds is 2. The number of fused-ring (bicyclic) bond motifs is 3. The van der Waals surface area contributed by atoms with E-state index in [-0.39, 0.29) is 10.8 Å². The number of methoxy groups -OCH3 is 2. The standard InChI is InChI=1S/C14H17NO3S/c1-14-10-7-12(18-3)11(17-2)6-9(10)4-5-15(14)13(16)8-19-14/h6-7H,4-5,8H2,1-3H3/t14-/m1/s1. The zero-order chi connectivity index (χ0) is 13.6. The predicted octanol–water partition coefficient (Wildman–Crippen LogP) is 2.01. The van der Waals surface area contributed by atoms with Crippen molar-refractivity contribution in [1.29, 1.82) is 0 Å². The Labute approximate surface area is 117 Å². The molecule has 3 rings (SSSR count). The Morgan fingerprint density at radius 2 is 1.95 bits per heavy atom. The summed E-state index contributed by atoms with van der Waals surface area (Å²) in [6.45, 7) is 2.90. The van der Waals surface area contributed by atoms with Crippen LogP contribution < -0.4 is 9.47 Å². The summed E-state index contributed by atoms with van der Waals surface area (Å²) in [5, 5.41) is 0. The fourth-order valence-corrected chi connectivity index (χ4v) is 4.20. The zero-order valence-electron chi connectivity index (χ0n) is 11.4. The van der Waals surface area contributed by atoms with Crippen LogP contribution in [-0.4, -0.2) is 37.3 Å². The Kier molecular flexibility index (Phi) is 2.89. The van der Waals surface area contributed by atoms with Crippen LogP contribution in [0.25, 0.3) is 0 Å². The van der Waals surface area contributed by atoms with Gasteiger partial charge in [-0.3, -0.25) is 4.79 Å². The second kappa shape index (κ2) is 4.34. The molecule has 0 aliphatic carbocycles. The molecule has 0 N–H and O–H groups in total. The largest absolute Gasteiger partial charge is 0.493 e. The lowest BCUT2D eigenvalue weighted by Crippen LogP contribution is -2.45. The fourth-order valence-electron chi connectivity index (χ4n) is 2.95. The molecule has 1 amide bonds. The Bertz CT molecular complexity index is 546. The van der Waals surface area contributed by atoms with Gasteiger partial charge in [-0.1, -0.05) is 0 Å². The minimum Gasteiger partial charge on any atom is -0.493 e. The Morgan fingerprint density at radius 1 is 1.26 bits per heavy atom. The minimum atomic E-state index is -0.260. The number of thioether (sulfide) groups is 1. The normalized spacial score (nSPS) is 25.0. The minimum absolute atomic E-state index is 0.230. The number of benzene rings is 1. The summed E-state index contributed by atoms with van der Waals surface area (Å²) in [6.07, 6.45) is 0.873. The maximum absolute atomic E-state index is 12.0. The second-order valence-electron chi connectivity index (χ2n) is 4.93. The summed E-state index contributed by atoms with van der Waals surface area (Å²) in [5.74, 6) is 2.27. The molecule has 0 aromatic heterocycles. The zero-order valence-corrected chi connectivity index (χ0v) is 12.2. The smallest absolute Gasteiger partial charge is 0.234 e. The van der Waals surface area contributed by atoms with E-state index in [1.807, 2.05) is 17.0 Å². The van der Waals surface area contributed by atoms with Gasteiger partial charge in [0.25, 0.3) is 0 Å². The van der Waals surface area contributed by atoms with Gasteiger partial charge in [0.2, 0.25) is 5.91 Å². The quantitative estimate of drug-likeness (QED) is 0.830. The number of carbonyl (C=O) groups excluding carboxylic acids is 1. The highest BCUT2D eigenvalue weighted by Gasteiger charge is 2.47. The molecule has 4 nitrogen and oxygen atoms in total. The van der Waals surface area contributed by atoms with Gasteiger partial charge in [0.05, 0.1) is 20.0 Å². The number of ether oxygens (including phenoxy) is 2. The Balaban J connectivity index is 2.15. The summed E-state index contributed by atoms with van der Waals surface area (Å²) in [4.78, 5) is 13.7. The number of nitrogens with zero attached hydrogens (tertiary/aromatic N) is 1. The van der Waals surface area contributed by atoms with Crippen LogP contribution in [0.3, 0.4) is 0 Å². The Hall–Kier alpha value is -1.36. The van der Waals surface area contributed by atoms with E-state index in [2.05, 4.69) is 6.92 Å². The van der Waals surface area contributed by atoms with Crippen LogP contribution in [0.1, 0.15) is 18.1 Å². The second-order valence-corrected chi connectivity index (χ2v) is 6.30. The average Bonchev–Trinajstić information content (AvgIpc) is 2.73. The maximum atomic E-state index is 12.0. The molecule has 1 fully saturated rings. The van der Waals surface area contributed by atoms with E-state index in [1.165, 1.54) is 11.1 Å². The maximum Gasteiger partial charge on any atom is 0.234 e. The van der Waals surface area contributed by atoms with Crippen molar-refractivity contribution in [3.05, 3.63) is 23.3 Å². The van der Waals surface area contributed by atoms with Crippen molar-refractivity contribution < 1.29 is 14.3 Å². The van der Waals surface area contributed by atoms with Crippen LogP contribution >= 0.6 is 11.8 Å². The summed E-state index contributed by atoms with van der Waals surface area (Å²) in [7, 11) is 3.29. The molecule has 1 saturated heterocycles. The molecule has 1 aromatic rings. The van der Waals surface area contributed by atoms with Gasteiger partial charge in [-0.15, -0.1) is 11.8 Å². The molecule has 1 atom stereocenters. The molecule has 2 aliphatic heterocycles. The number of amides is 1. The number of carbonyl (C=O) groups is 1. The monoisotopic (exact) mass is 279 g/mol. The molecule has 0 spiro atoms. The van der Waals surface area contributed by atoms with Crippen molar-refractivity contribution in [3.8, 4) is 11.5 Å². The molecule has 0 unspecified atom stereocenters. The molecular formula is C14H17NO3S. The van der Waals surface area contributed by atoms with Gasteiger partial charge in [0.15, 0.2) is 11.5 Å². The molecule has 0 bridgehead atoms. The van der Waals surface area contributed by atoms with Crippen LogP contribution in [-0.2, 0) is 16.1 Å². The first-order valence-electron chi connectivity index (χ1n) is 6.30. The lowest BCUT2D eigenvalue weighted by molar-refractivity contribution is -0.130. The van der Waals surface area contributed by atoms with Crippen LogP contribution in [0.15, 0.2) is 12.1 Å². The van der Waals surface area contributed by atoms with Gasteiger partial charge in [0, 0.05) is 6.54 Å². The van der Waals surface area contributed by atoms with Gasteiger partial charge in [0.1, 0.15) is 4.87 Å². The van der Waals surface area contributed by atoms with Gasteiger partial charge < -0.3 is 14.4 Å². The first-order chi connectivity index (χ1) is 9.10. The average molecular weight is 279 g/mol. The predicted molar refractivity (Wildman–Crippen MR) is 74.8 cm³/mol. The van der Waals surface area contributed by atoms with Crippen LogP contribution in [0.2, 0.25) is 0 Å². The van der Waals surface area contributed by atoms with E-state index in [4.69, 9.17) is 9.47 Å². The topological polar surface area (TPSA) is 38.8 Å². The molecule has 2 aliphatic rings. The summed E-state index contributed by atoms with van der Waals surface area (Å²) in [5.41, 5.74) is 2.42. The first kappa shape index (κ1) is 12.7. The van der Waals surface area contributed by atoms with E-state index in [1.54, 1.807) is 26.0 Å². The summed E-state index contributed by atoms with van der Waals surface area (Å²) >= 11 is 1.69. The summed E-state index contributed by atoms with van der Waals surface area (Å²) < 4.78 is 10.7. The summed E-state index contributed by atoms with van der Waals surface area (Å²) in [6, 6.07) is 4.06. The van der Waals surface area contributed by atoms with Crippen molar-refractivity contribution in [2.45, 2.75) is 18.2 Å². The van der Waals surface area contributed by atoms with Gasteiger partial charge >= 0.3 is 0 Å². The fraction of sp³-hybridized carbons (Fsp3) is 0.500. The van der Waals surface area contributed by atoms with E-state index in [9.17, 15) is 4.79 Å². The Morgan fingerprint density at radius 3 is 2.63 bits per heavy atom. The van der Waals surface area contributed by atoms with Gasteiger partial charge in [-0.05, 0) is 36.6 Å². The van der Waals surface area contributed by atoms with Crippen LogP contribution in [0.5, 0.6) is 11.5 Å². The van der Waals surface area contributed by atoms with E-state index < -0.39 is 0 Å². The van der Waals surface area contributed by atoms with Crippen molar-refractivity contribution in [3.63, 3.8) is 0 Å². The van der Waals surface area contributed by atoms with Crippen molar-refractivity contribution in [2.24, 2.45) is 0 Å². The third kappa shape index (κ3) is 1.71. The van der Waals surface area contributed by atoms with Crippen molar-refractivity contribution >= 4 is 17.7 Å². The number of hydrogen-bond donors (Lipinski definition) is 0. The molecule has 1 aromatic carbocycles. The SMILES string of the molecule is COc1cc2c(cc1OC)[C@@]1(C)SCC(=O)N1CC2. The van der Waals surface area contributed by atoms with Crippen LogP contribution in [0.4, 0.5) is 0 Å². The molecule has 0 saturated carbocycles. The molecular weight excluding hydrogens is 262 g/mol. The van der Waals surface area contributed by atoms with E-state index in [0.717, 1.165) is 24.5 Å². The van der Waals surface area contributed by atoms with Crippen LogP contribution in [0, 0.1) is 0 Å². The lowest BCUT2D eigenvalue weighted by Gasteiger charge is -2.40. The van der Waals surface area contributed by atoms with Gasteiger partial charge in [-0.2, -0.15) is 0 Å². The first-order valence-corrected chi connectivity index (χ1v) is 7.28. The molecule has 102 valence electrons. The van der Waals surface area contributed by atoms with Crippen molar-refractivity contribution in [1.82, 2.24) is 4.90 Å². The third-order valence-electron chi connectivity index (χ3n) is 4.01. The molecule has 19 heavy (non-hydrogen) atoms. The lowest BCUT2D eigenvalue weighted by atomic mass is 9.92. The molecule has 0 radical (unpaired) electrons. The van der Waals surface area contributed by atoms with E-state index >= 15 is 0 Å². The number of hydrogen-bond acceptors (Lipinski definition) is 4. The molecule has 2 heterocycles. The highest BCUT2D eigenvalue weighted by molar-refractivity contribution is 8.01. The van der Waals surface area contributed by atoms with Gasteiger partial charge in [-0.25, -0.2) is 0 Å². The molecule has 5 heteroatoms. The van der Waals surface area contributed by atoms with E-state index in [0.29, 0.717) is 5.75 Å². The highest BCUT2D eigenvalue weighted by Crippen LogP contribution is 2.50. The third-order valence-corrected chi connectivity index (χ3v) is 5.40.